The molecule has 1 unspecified atom stereocenters. The van der Waals surface area contributed by atoms with Gasteiger partial charge in [0.25, 0.3) is 11.8 Å². The van der Waals surface area contributed by atoms with Gasteiger partial charge < -0.3 is 15.2 Å². The second-order valence-corrected chi connectivity index (χ2v) is 7.63. The molecule has 2 heterocycles. The maximum atomic E-state index is 13.4. The smallest absolute Gasteiger partial charge is 0.268 e. The number of fused-ring (bicyclic) bond motifs is 1. The van der Waals surface area contributed by atoms with Gasteiger partial charge in [-0.3, -0.25) is 9.59 Å². The number of carbonyl (C=O) groups is 2. The second-order valence-electron chi connectivity index (χ2n) is 7.25. The minimum atomic E-state index is -2.66. The predicted molar refractivity (Wildman–Crippen MR) is 105 cm³/mol. The standard InChI is InChI=1S/C18H18ClF2N3O2.C2H6/c1-10-2-3-12-11(15(10)19)6-13(23-12)16(26)22-7-14(25)24-5-4-17(9-24)8-18(17,20)21;1-2/h2-3,6,23H,4-5,7-9H2,1H3,(H,22,26);1-2H3. The monoisotopic (exact) mass is 411 g/mol. The van der Waals surface area contributed by atoms with Crippen molar-refractivity contribution in [3.05, 3.63) is 34.5 Å². The molecule has 2 aliphatic rings. The molecule has 1 aliphatic carbocycles. The van der Waals surface area contributed by atoms with E-state index in [1.54, 1.807) is 6.07 Å². The number of rotatable bonds is 3. The van der Waals surface area contributed by atoms with E-state index < -0.39 is 17.2 Å². The van der Waals surface area contributed by atoms with Crippen LogP contribution in [0.25, 0.3) is 10.9 Å². The highest BCUT2D eigenvalue weighted by atomic mass is 35.5. The van der Waals surface area contributed by atoms with E-state index in [0.717, 1.165) is 16.5 Å². The Morgan fingerprint density at radius 2 is 2.00 bits per heavy atom. The molecule has 2 aromatic rings. The van der Waals surface area contributed by atoms with E-state index in [2.05, 4.69) is 10.3 Å². The van der Waals surface area contributed by atoms with E-state index in [4.69, 9.17) is 11.6 Å². The maximum absolute atomic E-state index is 13.4. The van der Waals surface area contributed by atoms with Crippen LogP contribution in [0.4, 0.5) is 8.78 Å². The molecule has 4 rings (SSSR count). The number of hydrogen-bond acceptors (Lipinski definition) is 2. The fraction of sp³-hybridized carbons (Fsp3) is 0.500. The summed E-state index contributed by atoms with van der Waals surface area (Å²) in [5.74, 6) is -3.44. The van der Waals surface area contributed by atoms with Gasteiger partial charge in [0.2, 0.25) is 5.91 Å². The van der Waals surface area contributed by atoms with Crippen molar-refractivity contribution in [3.63, 3.8) is 0 Å². The lowest BCUT2D eigenvalue weighted by atomic mass is 10.1. The molecule has 5 nitrogen and oxygen atoms in total. The first kappa shape index (κ1) is 20.6. The van der Waals surface area contributed by atoms with Gasteiger partial charge in [0.15, 0.2) is 0 Å². The summed E-state index contributed by atoms with van der Waals surface area (Å²) < 4.78 is 26.8. The highest BCUT2D eigenvalue weighted by Gasteiger charge is 2.72. The van der Waals surface area contributed by atoms with Crippen LogP contribution in [0.15, 0.2) is 18.2 Å². The van der Waals surface area contributed by atoms with Gasteiger partial charge in [0, 0.05) is 30.4 Å². The summed E-state index contributed by atoms with van der Waals surface area (Å²) in [6.45, 7) is 6.03. The molecule has 0 bridgehead atoms. The molecule has 1 saturated carbocycles. The zero-order chi connectivity index (χ0) is 20.7. The molecule has 2 amide bonds. The lowest BCUT2D eigenvalue weighted by Gasteiger charge is -2.16. The van der Waals surface area contributed by atoms with E-state index in [1.807, 2.05) is 32.9 Å². The molecule has 1 saturated heterocycles. The molecule has 1 aliphatic heterocycles. The van der Waals surface area contributed by atoms with Gasteiger partial charge in [-0.05, 0) is 31.0 Å². The Hall–Kier alpha value is -2.15. The lowest BCUT2D eigenvalue weighted by Crippen LogP contribution is -2.39. The molecule has 1 atom stereocenters. The van der Waals surface area contributed by atoms with Gasteiger partial charge in [-0.2, -0.15) is 0 Å². The van der Waals surface area contributed by atoms with Crippen LogP contribution in [0.3, 0.4) is 0 Å². The number of benzene rings is 1. The van der Waals surface area contributed by atoms with Crippen molar-refractivity contribution >= 4 is 34.3 Å². The molecular formula is C20H24ClF2N3O2. The van der Waals surface area contributed by atoms with Crippen molar-refractivity contribution in [2.45, 2.75) is 39.5 Å². The van der Waals surface area contributed by atoms with Crippen LogP contribution < -0.4 is 5.32 Å². The van der Waals surface area contributed by atoms with E-state index >= 15 is 0 Å². The first-order valence-electron chi connectivity index (χ1n) is 9.44. The third-order valence-electron chi connectivity index (χ3n) is 5.49. The first-order chi connectivity index (χ1) is 13.2. The number of carbonyl (C=O) groups excluding carboxylic acids is 2. The maximum Gasteiger partial charge on any atom is 0.268 e. The molecule has 0 radical (unpaired) electrons. The molecule has 2 fully saturated rings. The number of likely N-dealkylation sites (tertiary alicyclic amines) is 1. The average Bonchev–Trinajstić information content (AvgIpc) is 3.07. The summed E-state index contributed by atoms with van der Waals surface area (Å²) in [6, 6.07) is 5.32. The van der Waals surface area contributed by atoms with E-state index in [-0.39, 0.29) is 25.4 Å². The van der Waals surface area contributed by atoms with Gasteiger partial charge in [0.1, 0.15) is 5.69 Å². The average molecular weight is 412 g/mol. The van der Waals surface area contributed by atoms with Gasteiger partial charge in [-0.1, -0.05) is 31.5 Å². The molecule has 1 aromatic heterocycles. The van der Waals surface area contributed by atoms with Crippen LogP contribution in [0, 0.1) is 12.3 Å². The molecule has 2 N–H and O–H groups in total. The summed E-state index contributed by atoms with van der Waals surface area (Å²) in [5.41, 5.74) is 0.903. The summed E-state index contributed by atoms with van der Waals surface area (Å²) in [5, 5.41) is 3.85. The van der Waals surface area contributed by atoms with E-state index in [9.17, 15) is 18.4 Å². The number of halogens is 3. The van der Waals surface area contributed by atoms with Crippen molar-refractivity contribution in [2.24, 2.45) is 5.41 Å². The fourth-order valence-corrected chi connectivity index (χ4v) is 3.89. The van der Waals surface area contributed by atoms with Gasteiger partial charge in [-0.15, -0.1) is 0 Å². The van der Waals surface area contributed by atoms with Gasteiger partial charge >= 0.3 is 0 Å². The van der Waals surface area contributed by atoms with Crippen molar-refractivity contribution in [1.29, 1.82) is 0 Å². The minimum Gasteiger partial charge on any atom is -0.350 e. The molecule has 8 heteroatoms. The Morgan fingerprint density at radius 1 is 1.32 bits per heavy atom. The fourth-order valence-electron chi connectivity index (χ4n) is 3.67. The number of aryl methyl sites for hydroxylation is 1. The Balaban J connectivity index is 0.00000109. The first-order valence-corrected chi connectivity index (χ1v) is 9.82. The Labute approximate surface area is 167 Å². The van der Waals surface area contributed by atoms with E-state index in [0.29, 0.717) is 23.7 Å². The number of nitrogens with zero attached hydrogens (tertiary/aromatic N) is 1. The topological polar surface area (TPSA) is 65.2 Å². The van der Waals surface area contributed by atoms with Crippen molar-refractivity contribution in [1.82, 2.24) is 15.2 Å². The van der Waals surface area contributed by atoms with Crippen molar-refractivity contribution < 1.29 is 18.4 Å². The van der Waals surface area contributed by atoms with Crippen molar-refractivity contribution in [3.8, 4) is 0 Å². The van der Waals surface area contributed by atoms with Crippen LogP contribution in [0.2, 0.25) is 5.02 Å². The molecule has 28 heavy (non-hydrogen) atoms. The van der Waals surface area contributed by atoms with Crippen LogP contribution in [-0.4, -0.2) is 47.3 Å². The zero-order valence-electron chi connectivity index (χ0n) is 16.2. The van der Waals surface area contributed by atoms with Crippen LogP contribution >= 0.6 is 11.6 Å². The van der Waals surface area contributed by atoms with Crippen LogP contribution in [0.1, 0.15) is 42.7 Å². The molecule has 152 valence electrons. The number of alkyl halides is 2. The van der Waals surface area contributed by atoms with Crippen LogP contribution in [-0.2, 0) is 4.79 Å². The summed E-state index contributed by atoms with van der Waals surface area (Å²) in [7, 11) is 0. The molecular weight excluding hydrogens is 388 g/mol. The molecule has 1 spiro atoms. The quantitative estimate of drug-likeness (QED) is 0.797. The third kappa shape index (κ3) is 3.48. The third-order valence-corrected chi connectivity index (χ3v) is 6.00. The Kier molecular flexibility index (Phi) is 5.40. The number of nitrogens with one attached hydrogen (secondary N) is 2. The summed E-state index contributed by atoms with van der Waals surface area (Å²) >= 11 is 6.24. The van der Waals surface area contributed by atoms with Crippen molar-refractivity contribution in [2.75, 3.05) is 19.6 Å². The SMILES string of the molecule is CC.Cc1ccc2[nH]c(C(=O)NCC(=O)N3CCC4(C3)CC4(F)F)cc2c1Cl. The summed E-state index contributed by atoms with van der Waals surface area (Å²) in [4.78, 5) is 28.9. The Morgan fingerprint density at radius 3 is 2.61 bits per heavy atom. The lowest BCUT2D eigenvalue weighted by molar-refractivity contribution is -0.129. The zero-order valence-corrected chi connectivity index (χ0v) is 16.9. The van der Waals surface area contributed by atoms with E-state index in [1.165, 1.54) is 4.90 Å². The number of hydrogen-bond donors (Lipinski definition) is 2. The highest BCUT2D eigenvalue weighted by Crippen LogP contribution is 2.64. The predicted octanol–water partition coefficient (Wildman–Crippen LogP) is 4.14. The number of H-pyrrole nitrogens is 1. The van der Waals surface area contributed by atoms with Crippen LogP contribution in [0.5, 0.6) is 0 Å². The number of amides is 2. The molecule has 1 aromatic carbocycles. The number of aromatic nitrogens is 1. The minimum absolute atomic E-state index is 0.0655. The summed E-state index contributed by atoms with van der Waals surface area (Å²) in [6.07, 6.45) is 0.172. The van der Waals surface area contributed by atoms with Gasteiger partial charge in [0.05, 0.1) is 17.0 Å². The largest absolute Gasteiger partial charge is 0.350 e. The number of aromatic amines is 1. The normalized spacial score (nSPS) is 22.1. The second kappa shape index (κ2) is 7.35. The highest BCUT2D eigenvalue weighted by molar-refractivity contribution is 6.36. The van der Waals surface area contributed by atoms with Gasteiger partial charge in [-0.25, -0.2) is 8.78 Å². The Bertz CT molecular complexity index is 928.